The molecule has 0 amide bonds. The van der Waals surface area contributed by atoms with Gasteiger partial charge >= 0.3 is 27.3 Å². The van der Waals surface area contributed by atoms with Crippen molar-refractivity contribution in [3.05, 3.63) is 25.3 Å². The molecule has 14 heavy (non-hydrogen) atoms. The van der Waals surface area contributed by atoms with Gasteiger partial charge in [0.2, 0.25) is 0 Å². The van der Waals surface area contributed by atoms with E-state index in [1.165, 1.54) is 0 Å². The fourth-order valence-electron chi connectivity index (χ4n) is 0.235. The zero-order valence-electron chi connectivity index (χ0n) is 8.01. The Hall–Kier alpha value is 0.192. The normalized spacial score (nSPS) is 8.14. The van der Waals surface area contributed by atoms with Gasteiger partial charge in [0.25, 0.3) is 0 Å². The third kappa shape index (κ3) is 86.9. The summed E-state index contributed by atoms with van der Waals surface area (Å²) in [6.07, 6.45) is 3.42. The molecular formula is C6H15NO5PbS. The third-order valence-corrected chi connectivity index (χ3v) is 0.471. The first-order valence-corrected chi connectivity index (χ1v) is 4.21. The van der Waals surface area contributed by atoms with E-state index >= 15 is 0 Å². The fraction of sp³-hybridized carbons (Fsp3) is 0.333. The van der Waals surface area contributed by atoms with Gasteiger partial charge in [-0.05, 0) is 0 Å². The first-order valence-electron chi connectivity index (χ1n) is 2.88. The van der Waals surface area contributed by atoms with Crippen LogP contribution in [0.15, 0.2) is 25.3 Å². The van der Waals surface area contributed by atoms with E-state index in [1.807, 2.05) is 0 Å². The van der Waals surface area contributed by atoms with Crippen molar-refractivity contribution in [1.82, 2.24) is 6.15 Å². The van der Waals surface area contributed by atoms with Gasteiger partial charge in [-0.15, -0.1) is 13.2 Å². The summed E-state index contributed by atoms with van der Waals surface area (Å²) >= 11 is 0. The summed E-state index contributed by atoms with van der Waals surface area (Å²) in [4.78, 5) is 0. The number of ether oxygens (including phenoxy) is 1. The van der Waals surface area contributed by atoms with Crippen LogP contribution in [0.2, 0.25) is 0 Å². The van der Waals surface area contributed by atoms with Crippen LogP contribution < -0.4 is 6.15 Å². The average Bonchev–Trinajstić information content (AvgIpc) is 1.85. The van der Waals surface area contributed by atoms with E-state index in [0.717, 1.165) is 0 Å². The quantitative estimate of drug-likeness (QED) is 0.221. The molecule has 0 saturated heterocycles. The molecule has 0 bridgehead atoms. The maximum atomic E-state index is 8.52. The zero-order valence-corrected chi connectivity index (χ0v) is 13.3. The van der Waals surface area contributed by atoms with E-state index in [9.17, 15) is 0 Å². The Morgan fingerprint density at radius 3 is 1.50 bits per heavy atom. The monoisotopic (exact) mass is 421 g/mol. The molecule has 0 rings (SSSR count). The Bertz CT molecular complexity index is 200. The molecule has 8 heteroatoms. The van der Waals surface area contributed by atoms with Crippen LogP contribution in [0.4, 0.5) is 0 Å². The van der Waals surface area contributed by atoms with Crippen LogP contribution in [0.1, 0.15) is 0 Å². The van der Waals surface area contributed by atoms with Crippen molar-refractivity contribution in [3.63, 3.8) is 0 Å². The van der Waals surface area contributed by atoms with Crippen LogP contribution in [0.5, 0.6) is 0 Å². The number of quaternary nitrogens is 1. The molecular weight excluding hydrogens is 405 g/mol. The Labute approximate surface area is 104 Å². The van der Waals surface area contributed by atoms with E-state index in [1.54, 1.807) is 12.2 Å². The van der Waals surface area contributed by atoms with E-state index < -0.39 is 10.4 Å². The second-order valence-electron chi connectivity index (χ2n) is 1.52. The van der Waals surface area contributed by atoms with Crippen molar-refractivity contribution < 1.29 is 22.3 Å². The summed E-state index contributed by atoms with van der Waals surface area (Å²) in [5.41, 5.74) is 0. The molecule has 4 N–H and O–H groups in total. The van der Waals surface area contributed by atoms with Crippen LogP contribution >= 0.6 is 0 Å². The minimum absolute atomic E-state index is 0. The molecule has 2 radical (unpaired) electrons. The molecule has 0 unspecified atom stereocenters. The zero-order chi connectivity index (χ0) is 10.0. The number of rotatable bonds is 4. The second kappa shape index (κ2) is 15.7. The molecule has 0 aliphatic heterocycles. The fourth-order valence-corrected chi connectivity index (χ4v) is 0.235. The first-order chi connectivity index (χ1) is 5.41. The predicted octanol–water partition coefficient (Wildman–Crippen LogP) is -0.235. The SMILES string of the molecule is C=CCOCC=C.O=S(=O)([O-])[O-].[NH4+].[PbH+]. The average molecular weight is 420 g/mol. The van der Waals surface area contributed by atoms with Gasteiger partial charge in [-0.2, -0.15) is 0 Å². The summed E-state index contributed by atoms with van der Waals surface area (Å²) in [6.45, 7) is 8.18. The topological polar surface area (TPSA) is 126 Å². The van der Waals surface area contributed by atoms with Gasteiger partial charge in [-0.25, -0.2) is 0 Å². The Morgan fingerprint density at radius 2 is 1.36 bits per heavy atom. The van der Waals surface area contributed by atoms with Crippen molar-refractivity contribution in [2.45, 2.75) is 0 Å². The molecule has 0 aromatic rings. The number of hydrogen-bond acceptors (Lipinski definition) is 5. The summed E-state index contributed by atoms with van der Waals surface area (Å²) in [5, 5.41) is 0. The Kier molecular flexibility index (Phi) is 26.6. The standard InChI is InChI=1S/C6H10O.H3N.H2O4S.Pb.H/c1-3-5-7-6-4-2;;1-5(2,3)4;;/h3-4H,1-2,5-6H2;1H3;(H2,1,2,3,4);;/q;;;+1;/p-1. The van der Waals surface area contributed by atoms with Gasteiger partial charge in [-0.1, -0.05) is 12.2 Å². The first kappa shape index (κ1) is 23.8. The predicted molar refractivity (Wildman–Crippen MR) is 54.8 cm³/mol. The molecule has 0 aromatic heterocycles. The molecule has 0 atom stereocenters. The van der Waals surface area contributed by atoms with Crippen molar-refractivity contribution in [2.75, 3.05) is 13.2 Å². The molecule has 0 spiro atoms. The molecule has 0 aliphatic rings. The van der Waals surface area contributed by atoms with Crippen LogP contribution in [0.25, 0.3) is 0 Å². The van der Waals surface area contributed by atoms with Crippen LogP contribution in [-0.4, -0.2) is 58.0 Å². The van der Waals surface area contributed by atoms with Crippen LogP contribution in [0.3, 0.4) is 0 Å². The molecule has 0 fully saturated rings. The van der Waals surface area contributed by atoms with Gasteiger partial charge in [-0.3, -0.25) is 8.42 Å². The third-order valence-electron chi connectivity index (χ3n) is 0.471. The summed E-state index contributed by atoms with van der Waals surface area (Å²) in [6, 6.07) is 0. The van der Waals surface area contributed by atoms with E-state index in [2.05, 4.69) is 13.2 Å². The Balaban J connectivity index is -0.0000000651. The maximum absolute atomic E-state index is 8.52. The Morgan fingerprint density at radius 1 is 1.14 bits per heavy atom. The molecule has 6 nitrogen and oxygen atoms in total. The molecule has 0 saturated carbocycles. The van der Waals surface area contributed by atoms with Gasteiger partial charge < -0.3 is 20.0 Å². The molecule has 0 aromatic carbocycles. The van der Waals surface area contributed by atoms with Crippen LogP contribution in [-0.2, 0) is 15.1 Å². The van der Waals surface area contributed by atoms with Crippen molar-refractivity contribution in [3.8, 4) is 0 Å². The summed E-state index contributed by atoms with van der Waals surface area (Å²) in [7, 11) is -5.17. The number of hydrogen-bond donors (Lipinski definition) is 1. The second-order valence-corrected chi connectivity index (χ2v) is 2.34. The van der Waals surface area contributed by atoms with E-state index in [4.69, 9.17) is 22.3 Å². The summed E-state index contributed by atoms with van der Waals surface area (Å²) < 4.78 is 39.0. The minimum atomic E-state index is -5.17. The van der Waals surface area contributed by atoms with Crippen molar-refractivity contribution >= 4 is 37.7 Å². The molecule has 0 heterocycles. The van der Waals surface area contributed by atoms with E-state index in [-0.39, 0.29) is 33.4 Å². The molecule has 84 valence electrons. The summed E-state index contributed by atoms with van der Waals surface area (Å²) in [5.74, 6) is 0. The van der Waals surface area contributed by atoms with Crippen molar-refractivity contribution in [1.29, 1.82) is 0 Å². The van der Waals surface area contributed by atoms with Gasteiger partial charge in [0.1, 0.15) is 0 Å². The van der Waals surface area contributed by atoms with Crippen molar-refractivity contribution in [2.24, 2.45) is 0 Å². The van der Waals surface area contributed by atoms with E-state index in [0.29, 0.717) is 13.2 Å². The van der Waals surface area contributed by atoms with Gasteiger partial charge in [0.15, 0.2) is 0 Å². The van der Waals surface area contributed by atoms with Gasteiger partial charge in [0, 0.05) is 10.4 Å². The van der Waals surface area contributed by atoms with Gasteiger partial charge in [0.05, 0.1) is 13.2 Å². The molecule has 0 aliphatic carbocycles. The van der Waals surface area contributed by atoms with Crippen LogP contribution in [0, 0.1) is 0 Å².